The molecule has 3 rings (SSSR count). The van der Waals surface area contributed by atoms with Crippen LogP contribution in [-0.2, 0) is 21.2 Å². The van der Waals surface area contributed by atoms with Crippen LogP contribution in [0.4, 0.5) is 0 Å². The van der Waals surface area contributed by atoms with Crippen molar-refractivity contribution in [2.24, 2.45) is 0 Å². The molecular formula is C20H27N3O4S2. The Hall–Kier alpha value is -1.84. The van der Waals surface area contributed by atoms with Crippen LogP contribution in [0.2, 0.25) is 0 Å². The van der Waals surface area contributed by atoms with E-state index in [9.17, 15) is 18.3 Å². The van der Waals surface area contributed by atoms with Gasteiger partial charge in [0.15, 0.2) is 9.84 Å². The lowest BCUT2D eigenvalue weighted by Gasteiger charge is -2.37. The van der Waals surface area contributed by atoms with Crippen molar-refractivity contribution in [3.05, 3.63) is 46.2 Å². The summed E-state index contributed by atoms with van der Waals surface area (Å²) >= 11 is 1.18. The average Bonchev–Trinajstić information content (AvgIpc) is 3.11. The van der Waals surface area contributed by atoms with E-state index in [4.69, 9.17) is 0 Å². The van der Waals surface area contributed by atoms with E-state index in [0.29, 0.717) is 28.5 Å². The number of likely N-dealkylation sites (tertiary alicyclic amines) is 1. The van der Waals surface area contributed by atoms with Crippen molar-refractivity contribution < 1.29 is 18.3 Å². The Balaban J connectivity index is 1.85. The van der Waals surface area contributed by atoms with Gasteiger partial charge in [-0.2, -0.15) is 4.37 Å². The van der Waals surface area contributed by atoms with Gasteiger partial charge in [0.2, 0.25) is 0 Å². The number of aromatic nitrogens is 2. The first-order valence-corrected chi connectivity index (χ1v) is 12.4. The van der Waals surface area contributed by atoms with Crippen LogP contribution in [0.1, 0.15) is 66.3 Å². The first-order valence-electron chi connectivity index (χ1n) is 9.59. The van der Waals surface area contributed by atoms with E-state index >= 15 is 0 Å². The smallest absolute Gasteiger partial charge is 0.254 e. The lowest BCUT2D eigenvalue weighted by molar-refractivity contribution is 0.0602. The molecule has 0 radical (unpaired) electrons. The minimum Gasteiger partial charge on any atom is -0.383 e. The summed E-state index contributed by atoms with van der Waals surface area (Å²) in [6, 6.07) is 6.92. The standard InChI is InChI=1S/C20H27N3O4S2/c1-13-9-10-14(17-21-19(28-22-17)20(2,3)25)11-23(13)18(24)16-8-6-5-7-15(16)12-29(4,26)27/h5-8,13-14,25H,9-12H2,1-4H3/t13-,14-/m1/s1. The number of hydrogen-bond acceptors (Lipinski definition) is 7. The summed E-state index contributed by atoms with van der Waals surface area (Å²) < 4.78 is 28.0. The lowest BCUT2D eigenvalue weighted by atomic mass is 9.91. The van der Waals surface area contributed by atoms with Gasteiger partial charge in [0.25, 0.3) is 5.91 Å². The predicted octanol–water partition coefficient (Wildman–Crippen LogP) is 2.72. The summed E-state index contributed by atoms with van der Waals surface area (Å²) in [5, 5.41) is 10.7. The summed E-state index contributed by atoms with van der Waals surface area (Å²) in [6.07, 6.45) is 2.83. The van der Waals surface area contributed by atoms with E-state index in [2.05, 4.69) is 9.36 Å². The van der Waals surface area contributed by atoms with Crippen molar-refractivity contribution in [2.75, 3.05) is 12.8 Å². The zero-order valence-corrected chi connectivity index (χ0v) is 18.8. The topological polar surface area (TPSA) is 100 Å². The molecule has 1 fully saturated rings. The minimum absolute atomic E-state index is 0.00966. The van der Waals surface area contributed by atoms with Gasteiger partial charge in [-0.05, 0) is 56.8 Å². The van der Waals surface area contributed by atoms with Crippen LogP contribution in [0.15, 0.2) is 24.3 Å². The molecule has 2 aromatic rings. The van der Waals surface area contributed by atoms with Crippen LogP contribution >= 0.6 is 11.5 Å². The first-order chi connectivity index (χ1) is 13.5. The van der Waals surface area contributed by atoms with Crippen LogP contribution in [0.5, 0.6) is 0 Å². The summed E-state index contributed by atoms with van der Waals surface area (Å²) in [5.74, 6) is 0.313. The predicted molar refractivity (Wildman–Crippen MR) is 113 cm³/mol. The van der Waals surface area contributed by atoms with Crippen molar-refractivity contribution in [1.29, 1.82) is 0 Å². The number of nitrogens with zero attached hydrogens (tertiary/aromatic N) is 3. The molecule has 0 spiro atoms. The summed E-state index contributed by atoms with van der Waals surface area (Å²) in [7, 11) is -3.26. The van der Waals surface area contributed by atoms with Gasteiger partial charge < -0.3 is 10.0 Å². The van der Waals surface area contributed by atoms with Gasteiger partial charge in [0, 0.05) is 30.3 Å². The molecule has 2 heterocycles. The molecule has 1 saturated heterocycles. The van der Waals surface area contributed by atoms with Gasteiger partial charge in [-0.15, -0.1) is 0 Å². The zero-order chi connectivity index (χ0) is 21.4. The van der Waals surface area contributed by atoms with Crippen LogP contribution in [0, 0.1) is 0 Å². The van der Waals surface area contributed by atoms with Crippen LogP contribution < -0.4 is 0 Å². The van der Waals surface area contributed by atoms with E-state index in [1.807, 2.05) is 6.92 Å². The van der Waals surface area contributed by atoms with E-state index < -0.39 is 15.4 Å². The molecule has 0 unspecified atom stereocenters. The third kappa shape index (κ3) is 5.21. The van der Waals surface area contributed by atoms with Crippen molar-refractivity contribution >= 4 is 27.3 Å². The Kier molecular flexibility index (Phi) is 6.12. The first kappa shape index (κ1) is 21.9. The van der Waals surface area contributed by atoms with Crippen LogP contribution in [0.25, 0.3) is 0 Å². The second-order valence-corrected chi connectivity index (χ2v) is 11.2. The van der Waals surface area contributed by atoms with Crippen molar-refractivity contribution in [1.82, 2.24) is 14.3 Å². The Morgan fingerprint density at radius 1 is 1.31 bits per heavy atom. The van der Waals surface area contributed by atoms with Gasteiger partial charge in [0.1, 0.15) is 16.4 Å². The minimum atomic E-state index is -3.26. The van der Waals surface area contributed by atoms with Gasteiger partial charge in [-0.25, -0.2) is 13.4 Å². The Morgan fingerprint density at radius 3 is 2.62 bits per heavy atom. The quantitative estimate of drug-likeness (QED) is 0.772. The van der Waals surface area contributed by atoms with Gasteiger partial charge in [-0.1, -0.05) is 18.2 Å². The maximum Gasteiger partial charge on any atom is 0.254 e. The van der Waals surface area contributed by atoms with E-state index in [1.165, 1.54) is 17.8 Å². The number of carbonyl (C=O) groups excluding carboxylic acids is 1. The highest BCUT2D eigenvalue weighted by molar-refractivity contribution is 7.89. The SMILES string of the molecule is C[C@@H]1CC[C@@H](c2nsc(C(C)(C)O)n2)CN1C(=O)c1ccccc1CS(C)(=O)=O. The molecular weight excluding hydrogens is 410 g/mol. The normalized spacial score (nSPS) is 20.7. The summed E-state index contributed by atoms with van der Waals surface area (Å²) in [5.41, 5.74) is -0.0999. The molecule has 1 amide bonds. The monoisotopic (exact) mass is 437 g/mol. The maximum atomic E-state index is 13.3. The fraction of sp³-hybridized carbons (Fsp3) is 0.550. The maximum absolute atomic E-state index is 13.3. The number of benzene rings is 1. The fourth-order valence-electron chi connectivity index (χ4n) is 3.54. The second kappa shape index (κ2) is 8.12. The van der Waals surface area contributed by atoms with Gasteiger partial charge in [-0.3, -0.25) is 4.79 Å². The highest BCUT2D eigenvalue weighted by atomic mass is 32.2. The molecule has 0 aliphatic carbocycles. The van der Waals surface area contributed by atoms with Crippen LogP contribution in [0.3, 0.4) is 0 Å². The van der Waals surface area contributed by atoms with Crippen molar-refractivity contribution in [3.8, 4) is 0 Å². The number of aliphatic hydroxyl groups is 1. The molecule has 7 nitrogen and oxygen atoms in total. The number of hydrogen-bond donors (Lipinski definition) is 1. The van der Waals surface area contributed by atoms with Crippen molar-refractivity contribution in [2.45, 2.75) is 56.9 Å². The molecule has 158 valence electrons. The number of amides is 1. The molecule has 2 atom stereocenters. The van der Waals surface area contributed by atoms with Crippen molar-refractivity contribution in [3.63, 3.8) is 0 Å². The largest absolute Gasteiger partial charge is 0.383 e. The second-order valence-electron chi connectivity index (χ2n) is 8.32. The Bertz CT molecular complexity index is 995. The fourth-order valence-corrected chi connectivity index (χ4v) is 5.09. The molecule has 1 N–H and O–H groups in total. The Labute approximate surface area is 175 Å². The zero-order valence-electron chi connectivity index (χ0n) is 17.1. The third-order valence-corrected chi connectivity index (χ3v) is 7.02. The van der Waals surface area contributed by atoms with Gasteiger partial charge in [0.05, 0.1) is 5.75 Å². The number of rotatable bonds is 5. The molecule has 0 saturated carbocycles. The molecule has 1 aromatic heterocycles. The lowest BCUT2D eigenvalue weighted by Crippen LogP contribution is -2.45. The highest BCUT2D eigenvalue weighted by Crippen LogP contribution is 2.32. The highest BCUT2D eigenvalue weighted by Gasteiger charge is 2.34. The molecule has 1 aliphatic rings. The number of carbonyl (C=O) groups is 1. The molecule has 1 aromatic carbocycles. The van der Waals surface area contributed by atoms with Gasteiger partial charge >= 0.3 is 0 Å². The van der Waals surface area contributed by atoms with E-state index in [-0.39, 0.29) is 23.6 Å². The summed E-state index contributed by atoms with van der Waals surface area (Å²) in [6.45, 7) is 5.82. The van der Waals surface area contributed by atoms with E-state index in [0.717, 1.165) is 12.8 Å². The van der Waals surface area contributed by atoms with E-state index in [1.54, 1.807) is 43.0 Å². The Morgan fingerprint density at radius 2 is 2.00 bits per heavy atom. The molecule has 1 aliphatic heterocycles. The van der Waals surface area contributed by atoms with Crippen LogP contribution in [-0.4, -0.2) is 52.5 Å². The molecule has 9 heteroatoms. The summed E-state index contributed by atoms with van der Waals surface area (Å²) in [4.78, 5) is 19.6. The molecule has 29 heavy (non-hydrogen) atoms. The molecule has 0 bridgehead atoms. The number of piperidine rings is 1. The third-order valence-electron chi connectivity index (χ3n) is 5.14. The average molecular weight is 438 g/mol. The number of sulfone groups is 1.